The number of carbonyl (C=O) groups is 2. The molecule has 2 atom stereocenters. The quantitative estimate of drug-likeness (QED) is 0.702. The molecule has 7 heteroatoms. The van der Waals surface area contributed by atoms with Crippen molar-refractivity contribution in [3.05, 3.63) is 24.4 Å². The summed E-state index contributed by atoms with van der Waals surface area (Å²) in [5.41, 5.74) is 1.26. The summed E-state index contributed by atoms with van der Waals surface area (Å²) in [5, 5.41) is 19.8. The number of rotatable bonds is 6. The molecule has 1 aromatic carbocycles. The number of esters is 1. The predicted octanol–water partition coefficient (Wildman–Crippen LogP) is 2.80. The highest BCUT2D eigenvalue weighted by Crippen LogP contribution is 2.23. The van der Waals surface area contributed by atoms with Gasteiger partial charge in [0.15, 0.2) is 0 Å². The van der Waals surface area contributed by atoms with Crippen molar-refractivity contribution in [2.45, 2.75) is 46.3 Å². The molecule has 0 amide bonds. The van der Waals surface area contributed by atoms with E-state index in [0.29, 0.717) is 5.69 Å². The van der Waals surface area contributed by atoms with Gasteiger partial charge in [0.25, 0.3) is 0 Å². The van der Waals surface area contributed by atoms with E-state index in [9.17, 15) is 14.7 Å². The number of aromatic nitrogens is 2. The number of anilines is 1. The van der Waals surface area contributed by atoms with E-state index in [-0.39, 0.29) is 17.9 Å². The van der Waals surface area contributed by atoms with Gasteiger partial charge in [-0.05, 0) is 30.5 Å². The molecular weight excluding hydrogens is 310 g/mol. The third kappa shape index (κ3) is 4.47. The number of aliphatic carboxylic acids is 1. The fourth-order valence-electron chi connectivity index (χ4n) is 2.02. The van der Waals surface area contributed by atoms with Crippen LogP contribution in [-0.4, -0.2) is 39.4 Å². The van der Waals surface area contributed by atoms with Crippen LogP contribution in [0.1, 0.15) is 34.1 Å². The van der Waals surface area contributed by atoms with Crippen LogP contribution in [0, 0.1) is 5.41 Å². The smallest absolute Gasteiger partial charge is 0.326 e. The number of carbonyl (C=O) groups excluding carboxylic acids is 1. The monoisotopic (exact) mass is 333 g/mol. The predicted molar refractivity (Wildman–Crippen MR) is 90.8 cm³/mol. The highest BCUT2D eigenvalue weighted by molar-refractivity contribution is 5.86. The molecule has 7 nitrogen and oxygen atoms in total. The molecule has 0 aliphatic heterocycles. The van der Waals surface area contributed by atoms with E-state index in [0.717, 1.165) is 10.9 Å². The van der Waals surface area contributed by atoms with E-state index in [1.807, 2.05) is 20.8 Å². The first-order valence-corrected chi connectivity index (χ1v) is 7.79. The normalized spacial score (nSPS) is 14.2. The molecule has 0 aliphatic carbocycles. The Bertz CT molecular complexity index is 733. The molecule has 3 N–H and O–H groups in total. The number of nitrogens with one attached hydrogen (secondary N) is 2. The van der Waals surface area contributed by atoms with Crippen molar-refractivity contribution in [1.82, 2.24) is 10.2 Å². The van der Waals surface area contributed by atoms with E-state index >= 15 is 0 Å². The SMILES string of the molecule is CC(OC(=O)CC(Nc1ccc2[nH]ncc2c1)C(=O)O)C(C)(C)C. The molecule has 0 saturated carbocycles. The Morgan fingerprint density at radius 1 is 1.38 bits per heavy atom. The summed E-state index contributed by atoms with van der Waals surface area (Å²) in [6.07, 6.45) is 1.09. The third-order valence-electron chi connectivity index (χ3n) is 3.98. The molecule has 0 spiro atoms. The number of aromatic amines is 1. The van der Waals surface area contributed by atoms with Gasteiger partial charge in [-0.1, -0.05) is 20.8 Å². The zero-order chi connectivity index (χ0) is 17.9. The highest BCUT2D eigenvalue weighted by atomic mass is 16.5. The average Bonchev–Trinajstić information content (AvgIpc) is 2.92. The van der Waals surface area contributed by atoms with Gasteiger partial charge in [-0.25, -0.2) is 4.79 Å². The molecule has 1 aromatic heterocycles. The molecule has 2 rings (SSSR count). The maximum Gasteiger partial charge on any atom is 0.326 e. The van der Waals surface area contributed by atoms with Gasteiger partial charge in [0.05, 0.1) is 18.1 Å². The first-order chi connectivity index (χ1) is 11.2. The van der Waals surface area contributed by atoms with Crippen molar-refractivity contribution in [2.75, 3.05) is 5.32 Å². The Morgan fingerprint density at radius 3 is 2.71 bits per heavy atom. The van der Waals surface area contributed by atoms with Gasteiger partial charge in [0.2, 0.25) is 0 Å². The lowest BCUT2D eigenvalue weighted by Crippen LogP contribution is -2.35. The average molecular weight is 333 g/mol. The number of H-pyrrole nitrogens is 1. The maximum absolute atomic E-state index is 12.0. The number of hydrogen-bond donors (Lipinski definition) is 3. The zero-order valence-electron chi connectivity index (χ0n) is 14.3. The van der Waals surface area contributed by atoms with Gasteiger partial charge < -0.3 is 15.2 Å². The van der Waals surface area contributed by atoms with Crippen LogP contribution in [0.5, 0.6) is 0 Å². The molecule has 0 bridgehead atoms. The lowest BCUT2D eigenvalue weighted by atomic mass is 9.90. The molecule has 2 aromatic rings. The fourth-order valence-corrected chi connectivity index (χ4v) is 2.02. The van der Waals surface area contributed by atoms with E-state index in [4.69, 9.17) is 4.74 Å². The van der Waals surface area contributed by atoms with Gasteiger partial charge in [0, 0.05) is 11.1 Å². The lowest BCUT2D eigenvalue weighted by Gasteiger charge is -2.27. The number of carboxylic acids is 1. The Morgan fingerprint density at radius 2 is 2.08 bits per heavy atom. The number of benzene rings is 1. The van der Waals surface area contributed by atoms with Crippen LogP contribution in [-0.2, 0) is 14.3 Å². The summed E-state index contributed by atoms with van der Waals surface area (Å²) in [6, 6.07) is 4.25. The zero-order valence-corrected chi connectivity index (χ0v) is 14.3. The van der Waals surface area contributed by atoms with Crippen molar-refractivity contribution in [3.8, 4) is 0 Å². The molecule has 1 heterocycles. The molecular formula is C17H23N3O4. The summed E-state index contributed by atoms with van der Waals surface area (Å²) in [4.78, 5) is 23.5. The topological polar surface area (TPSA) is 104 Å². The minimum atomic E-state index is -1.11. The number of carboxylic acid groups (broad SMARTS) is 1. The Labute approximate surface area is 140 Å². The Kier molecular flexibility index (Phi) is 5.11. The van der Waals surface area contributed by atoms with Crippen molar-refractivity contribution < 1.29 is 19.4 Å². The second-order valence-electron chi connectivity index (χ2n) is 6.91. The highest BCUT2D eigenvalue weighted by Gasteiger charge is 2.27. The molecule has 130 valence electrons. The minimum absolute atomic E-state index is 0.200. The maximum atomic E-state index is 12.0. The van der Waals surface area contributed by atoms with Crippen molar-refractivity contribution in [2.24, 2.45) is 5.41 Å². The molecule has 0 fully saturated rings. The Balaban J connectivity index is 2.03. The summed E-state index contributed by atoms with van der Waals surface area (Å²) in [6.45, 7) is 7.67. The summed E-state index contributed by atoms with van der Waals surface area (Å²) in [5.74, 6) is -1.65. The van der Waals surface area contributed by atoms with Crippen LogP contribution in [0.2, 0.25) is 0 Å². The first kappa shape index (κ1) is 17.8. The second kappa shape index (κ2) is 6.90. The molecule has 24 heavy (non-hydrogen) atoms. The van der Waals surface area contributed by atoms with Crippen molar-refractivity contribution in [1.29, 1.82) is 0 Å². The van der Waals surface area contributed by atoms with Crippen molar-refractivity contribution in [3.63, 3.8) is 0 Å². The lowest BCUT2D eigenvalue weighted by molar-refractivity contribution is -0.156. The van der Waals surface area contributed by atoms with Crippen LogP contribution >= 0.6 is 0 Å². The molecule has 0 aliphatic rings. The summed E-state index contributed by atoms with van der Waals surface area (Å²) in [7, 11) is 0. The Hall–Kier alpha value is -2.57. The number of ether oxygens (including phenoxy) is 1. The van der Waals surface area contributed by atoms with Gasteiger partial charge >= 0.3 is 11.9 Å². The van der Waals surface area contributed by atoms with Gasteiger partial charge in [-0.15, -0.1) is 0 Å². The fraction of sp³-hybridized carbons (Fsp3) is 0.471. The molecule has 2 unspecified atom stereocenters. The van der Waals surface area contributed by atoms with Gasteiger partial charge in [-0.2, -0.15) is 5.10 Å². The second-order valence-corrected chi connectivity index (χ2v) is 6.91. The third-order valence-corrected chi connectivity index (χ3v) is 3.98. The molecule has 0 radical (unpaired) electrons. The summed E-state index contributed by atoms with van der Waals surface area (Å²) >= 11 is 0. The number of fused-ring (bicyclic) bond motifs is 1. The van der Waals surface area contributed by atoms with E-state index in [1.54, 1.807) is 31.3 Å². The number of hydrogen-bond acceptors (Lipinski definition) is 5. The van der Waals surface area contributed by atoms with Gasteiger partial charge in [0.1, 0.15) is 12.1 Å². The van der Waals surface area contributed by atoms with E-state index in [2.05, 4.69) is 15.5 Å². The van der Waals surface area contributed by atoms with Crippen LogP contribution in [0.15, 0.2) is 24.4 Å². The first-order valence-electron chi connectivity index (χ1n) is 7.79. The van der Waals surface area contributed by atoms with Crippen LogP contribution < -0.4 is 5.32 Å². The van der Waals surface area contributed by atoms with Crippen LogP contribution in [0.4, 0.5) is 5.69 Å². The van der Waals surface area contributed by atoms with Gasteiger partial charge in [-0.3, -0.25) is 9.89 Å². The van der Waals surface area contributed by atoms with Crippen LogP contribution in [0.25, 0.3) is 10.9 Å². The number of nitrogens with zero attached hydrogens (tertiary/aromatic N) is 1. The van der Waals surface area contributed by atoms with E-state index < -0.39 is 18.0 Å². The van der Waals surface area contributed by atoms with Crippen LogP contribution in [0.3, 0.4) is 0 Å². The standard InChI is InChI=1S/C17H23N3O4/c1-10(17(2,3)4)24-15(21)8-14(16(22)23)19-12-5-6-13-11(7-12)9-18-20-13/h5-7,9-10,14,19H,8H2,1-4H3,(H,18,20)(H,22,23). The molecule has 0 saturated heterocycles. The van der Waals surface area contributed by atoms with E-state index in [1.165, 1.54) is 0 Å². The minimum Gasteiger partial charge on any atom is -0.480 e. The largest absolute Gasteiger partial charge is 0.480 e. The summed E-state index contributed by atoms with van der Waals surface area (Å²) < 4.78 is 5.33. The van der Waals surface area contributed by atoms with Crippen molar-refractivity contribution >= 4 is 28.5 Å².